The quantitative estimate of drug-likeness (QED) is 0.175. The highest BCUT2D eigenvalue weighted by molar-refractivity contribution is 5.93. The molecule has 0 unspecified atom stereocenters. The van der Waals surface area contributed by atoms with Crippen molar-refractivity contribution in [1.29, 1.82) is 0 Å². The molecule has 0 N–H and O–H groups in total. The van der Waals surface area contributed by atoms with Crippen molar-refractivity contribution in [1.82, 2.24) is 0 Å². The zero-order valence-electron chi connectivity index (χ0n) is 22.6. The molecule has 0 saturated heterocycles. The fourth-order valence-corrected chi connectivity index (χ4v) is 2.95. The highest BCUT2D eigenvalue weighted by Crippen LogP contribution is 2.23. The van der Waals surface area contributed by atoms with E-state index < -0.39 is 23.1 Å². The predicted molar refractivity (Wildman–Crippen MR) is 143 cm³/mol. The lowest BCUT2D eigenvalue weighted by Crippen LogP contribution is -2.24. The third kappa shape index (κ3) is 11.7. The van der Waals surface area contributed by atoms with Crippen LogP contribution in [-0.4, -0.2) is 36.4 Å². The first kappa shape index (κ1) is 29.5. The molecule has 0 heterocycles. The van der Waals surface area contributed by atoms with E-state index in [-0.39, 0.29) is 0 Å². The fraction of sp³-hybridized carbons (Fsp3) is 0.400. The summed E-state index contributed by atoms with van der Waals surface area (Å²) in [5.41, 5.74) is -0.351. The number of hydrogen-bond donors (Lipinski definition) is 0. The van der Waals surface area contributed by atoms with Crippen molar-refractivity contribution in [3.05, 3.63) is 84.3 Å². The highest BCUT2D eigenvalue weighted by atomic mass is 16.6. The van der Waals surface area contributed by atoms with Crippen LogP contribution < -0.4 is 9.47 Å². The van der Waals surface area contributed by atoms with E-state index in [9.17, 15) is 9.59 Å². The van der Waals surface area contributed by atoms with E-state index in [0.29, 0.717) is 48.7 Å². The number of benzene rings is 2. The summed E-state index contributed by atoms with van der Waals surface area (Å²) >= 11 is 0. The maximum atomic E-state index is 12.4. The number of esters is 2. The summed E-state index contributed by atoms with van der Waals surface area (Å²) in [4.78, 5) is 24.7. The first-order chi connectivity index (χ1) is 17.5. The zero-order chi connectivity index (χ0) is 27.3. The standard InChI is InChI=1S/C30H38O7/c1-29(2,3)36-27(31)23-15-7-9-17-25(23)34-21-13-11-19-33-20-12-14-22-35-26-18-10-8-16-24(26)28(32)37-30(4,5)6/h7-12,15-20H,13-14,21-22H2,1-6H3. The monoisotopic (exact) mass is 510 g/mol. The summed E-state index contributed by atoms with van der Waals surface area (Å²) in [6, 6.07) is 14.0. The van der Waals surface area contributed by atoms with Gasteiger partial charge in [0, 0.05) is 12.8 Å². The Morgan fingerprint density at radius 1 is 0.649 bits per heavy atom. The van der Waals surface area contributed by atoms with Crippen molar-refractivity contribution in [3.8, 4) is 11.5 Å². The van der Waals surface area contributed by atoms with E-state index in [1.165, 1.54) is 0 Å². The fourth-order valence-electron chi connectivity index (χ4n) is 2.95. The molecule has 7 nitrogen and oxygen atoms in total. The number of para-hydroxylation sites is 2. The molecule has 0 radical (unpaired) electrons. The van der Waals surface area contributed by atoms with Gasteiger partial charge in [0.05, 0.1) is 25.7 Å². The average Bonchev–Trinajstić information content (AvgIpc) is 2.81. The molecule has 7 heteroatoms. The SMILES string of the molecule is CC(C)(C)OC(=O)c1ccccc1OCCC=COC=CCCOc1ccccc1C(=O)OC(C)(C)C. The van der Waals surface area contributed by atoms with Gasteiger partial charge in [-0.3, -0.25) is 0 Å². The summed E-state index contributed by atoms with van der Waals surface area (Å²) in [7, 11) is 0. The molecule has 37 heavy (non-hydrogen) atoms. The zero-order valence-corrected chi connectivity index (χ0v) is 22.6. The summed E-state index contributed by atoms with van der Waals surface area (Å²) < 4.78 is 27.7. The van der Waals surface area contributed by atoms with Crippen LogP contribution >= 0.6 is 0 Å². The first-order valence-electron chi connectivity index (χ1n) is 12.3. The molecular formula is C30H38O7. The molecule has 0 saturated carbocycles. The van der Waals surface area contributed by atoms with Gasteiger partial charge in [-0.1, -0.05) is 24.3 Å². The Hall–Kier alpha value is -3.74. The van der Waals surface area contributed by atoms with Crippen molar-refractivity contribution in [2.45, 2.75) is 65.6 Å². The maximum Gasteiger partial charge on any atom is 0.342 e. The number of hydrogen-bond acceptors (Lipinski definition) is 7. The molecule has 0 amide bonds. The molecule has 2 aromatic carbocycles. The molecule has 0 bridgehead atoms. The van der Waals surface area contributed by atoms with Gasteiger partial charge in [0.1, 0.15) is 33.8 Å². The van der Waals surface area contributed by atoms with Crippen LogP contribution in [0.2, 0.25) is 0 Å². The summed E-state index contributed by atoms with van der Waals surface area (Å²) in [6.45, 7) is 11.7. The molecule has 2 rings (SSSR count). The third-order valence-electron chi connectivity index (χ3n) is 4.45. The van der Waals surface area contributed by atoms with Crippen LogP contribution in [0.3, 0.4) is 0 Å². The summed E-state index contributed by atoms with van der Waals surface area (Å²) in [5.74, 6) is 0.146. The highest BCUT2D eigenvalue weighted by Gasteiger charge is 2.21. The van der Waals surface area contributed by atoms with Gasteiger partial charge in [-0.15, -0.1) is 0 Å². The van der Waals surface area contributed by atoms with Gasteiger partial charge < -0.3 is 23.7 Å². The normalized spacial score (nSPS) is 11.9. The van der Waals surface area contributed by atoms with Crippen LogP contribution in [0.25, 0.3) is 0 Å². The molecule has 0 spiro atoms. The maximum absolute atomic E-state index is 12.4. The molecule has 0 atom stereocenters. The second-order valence-corrected chi connectivity index (χ2v) is 10.2. The second kappa shape index (κ2) is 14.1. The Labute approximate surface area is 220 Å². The van der Waals surface area contributed by atoms with Crippen LogP contribution in [0.4, 0.5) is 0 Å². The number of carbonyl (C=O) groups is 2. The Balaban J connectivity index is 1.69. The third-order valence-corrected chi connectivity index (χ3v) is 4.45. The van der Waals surface area contributed by atoms with Gasteiger partial charge in [-0.25, -0.2) is 9.59 Å². The van der Waals surface area contributed by atoms with Crippen molar-refractivity contribution in [3.63, 3.8) is 0 Å². The van der Waals surface area contributed by atoms with Gasteiger partial charge in [-0.05, 0) is 78.0 Å². The minimum Gasteiger partial charge on any atom is -0.492 e. The lowest BCUT2D eigenvalue weighted by atomic mass is 10.1. The largest absolute Gasteiger partial charge is 0.492 e. The molecule has 0 aliphatic heterocycles. The Morgan fingerprint density at radius 3 is 1.41 bits per heavy atom. The molecule has 0 aliphatic carbocycles. The van der Waals surface area contributed by atoms with E-state index in [1.807, 2.05) is 65.8 Å². The van der Waals surface area contributed by atoms with E-state index in [2.05, 4.69) is 0 Å². The molecule has 2 aromatic rings. The van der Waals surface area contributed by atoms with Gasteiger partial charge in [-0.2, -0.15) is 0 Å². The topological polar surface area (TPSA) is 80.3 Å². The van der Waals surface area contributed by atoms with Crippen LogP contribution in [-0.2, 0) is 14.2 Å². The van der Waals surface area contributed by atoms with Crippen molar-refractivity contribution in [2.24, 2.45) is 0 Å². The average molecular weight is 511 g/mol. The smallest absolute Gasteiger partial charge is 0.342 e. The van der Waals surface area contributed by atoms with Gasteiger partial charge in [0.25, 0.3) is 0 Å². The van der Waals surface area contributed by atoms with E-state index in [4.69, 9.17) is 23.7 Å². The van der Waals surface area contributed by atoms with Gasteiger partial charge >= 0.3 is 11.9 Å². The Bertz CT molecular complexity index is 986. The van der Waals surface area contributed by atoms with Gasteiger partial charge in [0.2, 0.25) is 0 Å². The van der Waals surface area contributed by atoms with E-state index in [1.54, 1.807) is 48.9 Å². The van der Waals surface area contributed by atoms with Crippen LogP contribution in [0, 0.1) is 0 Å². The van der Waals surface area contributed by atoms with E-state index >= 15 is 0 Å². The molecular weight excluding hydrogens is 472 g/mol. The van der Waals surface area contributed by atoms with Crippen LogP contribution in [0.5, 0.6) is 11.5 Å². The second-order valence-electron chi connectivity index (χ2n) is 10.2. The van der Waals surface area contributed by atoms with Crippen molar-refractivity contribution in [2.75, 3.05) is 13.2 Å². The minimum atomic E-state index is -0.575. The Kier molecular flexibility index (Phi) is 11.2. The van der Waals surface area contributed by atoms with E-state index in [0.717, 1.165) is 0 Å². The summed E-state index contributed by atoms with van der Waals surface area (Å²) in [5, 5.41) is 0. The number of ether oxygens (including phenoxy) is 5. The number of carbonyl (C=O) groups excluding carboxylic acids is 2. The van der Waals surface area contributed by atoms with Gasteiger partial charge in [0.15, 0.2) is 0 Å². The lowest BCUT2D eigenvalue weighted by Gasteiger charge is -2.20. The van der Waals surface area contributed by atoms with Crippen LogP contribution in [0.15, 0.2) is 73.2 Å². The minimum absolute atomic E-state index is 0.383. The van der Waals surface area contributed by atoms with Crippen LogP contribution in [0.1, 0.15) is 75.1 Å². The predicted octanol–water partition coefficient (Wildman–Crippen LogP) is 6.88. The molecule has 0 fully saturated rings. The summed E-state index contributed by atoms with van der Waals surface area (Å²) in [6.07, 6.45) is 7.99. The molecule has 0 aliphatic rings. The van der Waals surface area contributed by atoms with Crippen molar-refractivity contribution >= 4 is 11.9 Å². The first-order valence-corrected chi connectivity index (χ1v) is 12.3. The number of rotatable bonds is 12. The Morgan fingerprint density at radius 2 is 1.03 bits per heavy atom. The molecule has 0 aromatic heterocycles. The van der Waals surface area contributed by atoms with Crippen molar-refractivity contribution < 1.29 is 33.3 Å². The molecule has 200 valence electrons. The lowest BCUT2D eigenvalue weighted by molar-refractivity contribution is 0.00529.